The highest BCUT2D eigenvalue weighted by Crippen LogP contribution is 2.36. The highest BCUT2D eigenvalue weighted by molar-refractivity contribution is 7.89. The number of hydrogen-bond acceptors (Lipinski definition) is 6. The van der Waals surface area contributed by atoms with E-state index in [1.165, 1.54) is 20.3 Å². The first kappa shape index (κ1) is 19.2. The van der Waals surface area contributed by atoms with E-state index in [4.69, 9.17) is 14.5 Å². The number of hydrogen-bond donors (Lipinski definition) is 0. The Kier molecular flexibility index (Phi) is 5.27. The Bertz CT molecular complexity index is 1060. The van der Waals surface area contributed by atoms with Gasteiger partial charge in [-0.15, -0.1) is 11.3 Å². The highest BCUT2D eigenvalue weighted by atomic mass is 32.2. The SMILES string of the molecule is COc1ccc(S(=O)(=O)N2CCC[C@@H](c3nc4ccccc4s3)C2)cc1OC. The van der Waals surface area contributed by atoms with E-state index in [1.54, 1.807) is 27.8 Å². The fraction of sp³-hybridized carbons (Fsp3) is 0.350. The van der Waals surface area contributed by atoms with Crippen molar-refractivity contribution in [3.05, 3.63) is 47.5 Å². The molecular formula is C20H22N2O4S2. The molecule has 4 rings (SSSR count). The summed E-state index contributed by atoms with van der Waals surface area (Å²) in [6.45, 7) is 0.953. The maximum atomic E-state index is 13.2. The lowest BCUT2D eigenvalue weighted by atomic mass is 10.0. The summed E-state index contributed by atoms with van der Waals surface area (Å²) in [6, 6.07) is 12.7. The van der Waals surface area contributed by atoms with Gasteiger partial charge in [0.15, 0.2) is 11.5 Å². The Hall–Kier alpha value is -2.16. The lowest BCUT2D eigenvalue weighted by Gasteiger charge is -2.31. The van der Waals surface area contributed by atoms with E-state index in [0.29, 0.717) is 24.6 Å². The minimum absolute atomic E-state index is 0.112. The van der Waals surface area contributed by atoms with E-state index in [0.717, 1.165) is 28.1 Å². The standard InChI is InChI=1S/C20H22N2O4S2/c1-25-17-10-9-15(12-18(17)26-2)28(23,24)22-11-5-6-14(13-22)20-21-16-7-3-4-8-19(16)27-20/h3-4,7-10,12,14H,5-6,11,13H2,1-2H3/t14-/m1/s1. The molecule has 0 radical (unpaired) electrons. The van der Waals surface area contributed by atoms with Crippen LogP contribution in [-0.2, 0) is 10.0 Å². The van der Waals surface area contributed by atoms with Gasteiger partial charge < -0.3 is 9.47 Å². The van der Waals surface area contributed by atoms with Crippen LogP contribution in [0.15, 0.2) is 47.4 Å². The summed E-state index contributed by atoms with van der Waals surface area (Å²) in [6.07, 6.45) is 1.75. The molecule has 1 aliphatic heterocycles. The van der Waals surface area contributed by atoms with Crippen LogP contribution in [0.4, 0.5) is 0 Å². The van der Waals surface area contributed by atoms with E-state index in [1.807, 2.05) is 18.2 Å². The second-order valence-corrected chi connectivity index (χ2v) is 9.74. The van der Waals surface area contributed by atoms with Crippen LogP contribution in [0.3, 0.4) is 0 Å². The van der Waals surface area contributed by atoms with Gasteiger partial charge in [0, 0.05) is 25.1 Å². The molecule has 2 heterocycles. The number of rotatable bonds is 5. The molecule has 1 atom stereocenters. The Balaban J connectivity index is 1.61. The first-order valence-corrected chi connectivity index (χ1v) is 11.4. The molecule has 1 aliphatic rings. The largest absolute Gasteiger partial charge is 0.493 e. The summed E-state index contributed by atoms with van der Waals surface area (Å²) >= 11 is 1.65. The van der Waals surface area contributed by atoms with Crippen LogP contribution < -0.4 is 9.47 Å². The monoisotopic (exact) mass is 418 g/mol. The zero-order valence-corrected chi connectivity index (χ0v) is 17.4. The predicted molar refractivity (Wildman–Crippen MR) is 110 cm³/mol. The van der Waals surface area contributed by atoms with Gasteiger partial charge in [0.2, 0.25) is 10.0 Å². The molecule has 0 saturated carbocycles. The van der Waals surface area contributed by atoms with Gasteiger partial charge in [0.25, 0.3) is 0 Å². The zero-order chi connectivity index (χ0) is 19.7. The number of fused-ring (bicyclic) bond motifs is 1. The molecule has 1 aromatic heterocycles. The van der Waals surface area contributed by atoms with Crippen molar-refractivity contribution in [2.45, 2.75) is 23.7 Å². The molecule has 3 aromatic rings. The van der Waals surface area contributed by atoms with Crippen molar-refractivity contribution in [3.8, 4) is 11.5 Å². The summed E-state index contributed by atoms with van der Waals surface area (Å²) in [5.41, 5.74) is 0.974. The molecule has 28 heavy (non-hydrogen) atoms. The van der Waals surface area contributed by atoms with Crippen LogP contribution in [-0.4, -0.2) is 45.0 Å². The molecule has 6 nitrogen and oxygen atoms in total. The fourth-order valence-corrected chi connectivity index (χ4v) is 6.19. The number of sulfonamides is 1. The fourth-order valence-electron chi connectivity index (χ4n) is 3.55. The minimum Gasteiger partial charge on any atom is -0.493 e. The maximum Gasteiger partial charge on any atom is 0.243 e. The average Bonchev–Trinajstić information content (AvgIpc) is 3.17. The Labute approximate surface area is 168 Å². The number of benzene rings is 2. The number of thiazole rings is 1. The summed E-state index contributed by atoms with van der Waals surface area (Å²) in [5.74, 6) is 1.02. The molecular weight excluding hydrogens is 396 g/mol. The lowest BCUT2D eigenvalue weighted by molar-refractivity contribution is 0.315. The topological polar surface area (TPSA) is 68.7 Å². The average molecular weight is 419 g/mol. The quantitative estimate of drug-likeness (QED) is 0.629. The first-order chi connectivity index (χ1) is 13.5. The van der Waals surface area contributed by atoms with Crippen molar-refractivity contribution in [3.63, 3.8) is 0 Å². The van der Waals surface area contributed by atoms with Crippen molar-refractivity contribution >= 4 is 31.6 Å². The third-order valence-corrected chi connectivity index (χ3v) is 8.10. The van der Waals surface area contributed by atoms with Crippen LogP contribution in [0, 0.1) is 0 Å². The summed E-state index contributed by atoms with van der Waals surface area (Å²) < 4.78 is 39.6. The molecule has 2 aromatic carbocycles. The van der Waals surface area contributed by atoms with Gasteiger partial charge >= 0.3 is 0 Å². The van der Waals surface area contributed by atoms with Crippen LogP contribution in [0.5, 0.6) is 11.5 Å². The van der Waals surface area contributed by atoms with Gasteiger partial charge in [-0.3, -0.25) is 0 Å². The molecule has 0 spiro atoms. The van der Waals surface area contributed by atoms with E-state index in [2.05, 4.69) is 6.07 Å². The molecule has 8 heteroatoms. The number of para-hydroxylation sites is 1. The van der Waals surface area contributed by atoms with Crippen LogP contribution in [0.1, 0.15) is 23.8 Å². The molecule has 0 bridgehead atoms. The van der Waals surface area contributed by atoms with Crippen molar-refractivity contribution < 1.29 is 17.9 Å². The molecule has 148 valence electrons. The molecule has 1 saturated heterocycles. The molecule has 0 amide bonds. The second-order valence-electron chi connectivity index (χ2n) is 6.74. The third-order valence-electron chi connectivity index (χ3n) is 5.04. The van der Waals surface area contributed by atoms with E-state index < -0.39 is 10.0 Å². The maximum absolute atomic E-state index is 13.2. The number of methoxy groups -OCH3 is 2. The molecule has 1 fully saturated rings. The van der Waals surface area contributed by atoms with Gasteiger partial charge in [-0.1, -0.05) is 12.1 Å². The molecule has 0 aliphatic carbocycles. The van der Waals surface area contributed by atoms with Crippen LogP contribution >= 0.6 is 11.3 Å². The Morgan fingerprint density at radius 1 is 1.11 bits per heavy atom. The Morgan fingerprint density at radius 3 is 2.64 bits per heavy atom. The normalized spacial score (nSPS) is 18.3. The number of nitrogens with zero attached hydrogens (tertiary/aromatic N) is 2. The summed E-state index contributed by atoms with van der Waals surface area (Å²) in [5, 5.41) is 1.01. The predicted octanol–water partition coefficient (Wildman–Crippen LogP) is 3.88. The van der Waals surface area contributed by atoms with Crippen molar-refractivity contribution in [2.75, 3.05) is 27.3 Å². The van der Waals surface area contributed by atoms with Crippen molar-refractivity contribution in [1.82, 2.24) is 9.29 Å². The van der Waals surface area contributed by atoms with Crippen LogP contribution in [0.25, 0.3) is 10.2 Å². The summed E-state index contributed by atoms with van der Waals surface area (Å²) in [7, 11) is -0.591. The van der Waals surface area contributed by atoms with E-state index in [9.17, 15) is 8.42 Å². The van der Waals surface area contributed by atoms with Crippen molar-refractivity contribution in [2.24, 2.45) is 0 Å². The number of aromatic nitrogens is 1. The van der Waals surface area contributed by atoms with E-state index in [-0.39, 0.29) is 10.8 Å². The van der Waals surface area contributed by atoms with Crippen molar-refractivity contribution in [1.29, 1.82) is 0 Å². The van der Waals surface area contributed by atoms with Gasteiger partial charge in [-0.05, 0) is 37.1 Å². The summed E-state index contributed by atoms with van der Waals surface area (Å²) in [4.78, 5) is 4.95. The van der Waals surface area contributed by atoms with E-state index >= 15 is 0 Å². The minimum atomic E-state index is -3.62. The zero-order valence-electron chi connectivity index (χ0n) is 15.8. The number of piperidine rings is 1. The number of ether oxygens (including phenoxy) is 2. The Morgan fingerprint density at radius 2 is 1.89 bits per heavy atom. The van der Waals surface area contributed by atoms with Gasteiger partial charge in [-0.2, -0.15) is 4.31 Å². The molecule has 0 N–H and O–H groups in total. The molecule has 0 unspecified atom stereocenters. The lowest BCUT2D eigenvalue weighted by Crippen LogP contribution is -2.39. The first-order valence-electron chi connectivity index (χ1n) is 9.10. The second kappa shape index (κ2) is 7.69. The van der Waals surface area contributed by atoms with Gasteiger partial charge in [0.1, 0.15) is 0 Å². The van der Waals surface area contributed by atoms with Gasteiger partial charge in [-0.25, -0.2) is 13.4 Å². The third kappa shape index (κ3) is 3.47. The van der Waals surface area contributed by atoms with Crippen LogP contribution in [0.2, 0.25) is 0 Å². The van der Waals surface area contributed by atoms with Gasteiger partial charge in [0.05, 0.1) is 34.3 Å². The highest BCUT2D eigenvalue weighted by Gasteiger charge is 2.32. The smallest absolute Gasteiger partial charge is 0.243 e.